The van der Waals surface area contributed by atoms with Crippen molar-refractivity contribution in [2.75, 3.05) is 6.54 Å². The lowest BCUT2D eigenvalue weighted by molar-refractivity contribution is 0.0672. The number of nitrogens with zero attached hydrogens (tertiary/aromatic N) is 1. The van der Waals surface area contributed by atoms with Crippen molar-refractivity contribution in [3.05, 3.63) is 20.8 Å². The van der Waals surface area contributed by atoms with Crippen molar-refractivity contribution in [1.29, 1.82) is 0 Å². The first-order valence-electron chi connectivity index (χ1n) is 7.13. The lowest BCUT2D eigenvalue weighted by Crippen LogP contribution is -2.39. The summed E-state index contributed by atoms with van der Waals surface area (Å²) in [6.07, 6.45) is 5.98. The third-order valence-corrected chi connectivity index (χ3v) is 5.29. The van der Waals surface area contributed by atoms with Crippen LogP contribution in [0.5, 0.6) is 0 Å². The quantitative estimate of drug-likeness (QED) is 0.741. The molecule has 0 aromatic carbocycles. The van der Waals surface area contributed by atoms with E-state index in [1.807, 2.05) is 11.4 Å². The van der Waals surface area contributed by atoms with Gasteiger partial charge in [0.15, 0.2) is 0 Å². The molecule has 1 saturated carbocycles. The number of halogens is 1. The van der Waals surface area contributed by atoms with Crippen molar-refractivity contribution in [3.8, 4) is 0 Å². The lowest BCUT2D eigenvalue weighted by Gasteiger charge is -2.29. The van der Waals surface area contributed by atoms with Crippen LogP contribution in [-0.2, 0) is 0 Å². The highest BCUT2D eigenvalue weighted by Crippen LogP contribution is 2.28. The third-order valence-electron chi connectivity index (χ3n) is 3.79. The number of hydrogen-bond donors (Lipinski definition) is 0. The second-order valence-corrected chi connectivity index (χ2v) is 8.05. The molecule has 1 aliphatic carbocycles. The van der Waals surface area contributed by atoms with Gasteiger partial charge in [0, 0.05) is 18.0 Å². The smallest absolute Gasteiger partial charge is 0.254 e. The van der Waals surface area contributed by atoms with E-state index in [0.29, 0.717) is 12.0 Å². The Morgan fingerprint density at radius 3 is 2.68 bits per heavy atom. The summed E-state index contributed by atoms with van der Waals surface area (Å²) in [4.78, 5) is 14.8. The Morgan fingerprint density at radius 1 is 1.47 bits per heavy atom. The molecular formula is C15H22BrNOS. The molecule has 4 heteroatoms. The molecule has 0 saturated heterocycles. The van der Waals surface area contributed by atoms with Crippen molar-refractivity contribution < 1.29 is 4.79 Å². The minimum atomic E-state index is 0.217. The number of carbonyl (C=O) groups is 1. The van der Waals surface area contributed by atoms with Gasteiger partial charge in [0.2, 0.25) is 0 Å². The Balaban J connectivity index is 2.09. The van der Waals surface area contributed by atoms with Gasteiger partial charge in [-0.25, -0.2) is 0 Å². The number of hydrogen-bond acceptors (Lipinski definition) is 2. The van der Waals surface area contributed by atoms with Crippen LogP contribution in [0.2, 0.25) is 0 Å². The van der Waals surface area contributed by atoms with Gasteiger partial charge >= 0.3 is 0 Å². The monoisotopic (exact) mass is 343 g/mol. The Morgan fingerprint density at radius 2 is 2.16 bits per heavy atom. The van der Waals surface area contributed by atoms with Gasteiger partial charge in [-0.1, -0.05) is 26.7 Å². The van der Waals surface area contributed by atoms with Crippen LogP contribution in [0.15, 0.2) is 15.2 Å². The fraction of sp³-hybridized carbons (Fsp3) is 0.667. The Labute approximate surface area is 128 Å². The molecule has 0 unspecified atom stereocenters. The number of rotatable bonds is 5. The highest BCUT2D eigenvalue weighted by Gasteiger charge is 2.27. The molecule has 1 fully saturated rings. The molecule has 2 rings (SSSR count). The maximum absolute atomic E-state index is 12.7. The maximum atomic E-state index is 12.7. The fourth-order valence-electron chi connectivity index (χ4n) is 2.65. The molecule has 1 aromatic heterocycles. The van der Waals surface area contributed by atoms with E-state index in [4.69, 9.17) is 0 Å². The predicted molar refractivity (Wildman–Crippen MR) is 84.8 cm³/mol. The minimum absolute atomic E-state index is 0.217. The molecule has 106 valence electrons. The molecule has 0 aliphatic heterocycles. The normalized spacial score (nSPS) is 16.2. The zero-order valence-electron chi connectivity index (χ0n) is 11.7. The molecule has 1 aliphatic rings. The van der Waals surface area contributed by atoms with E-state index < -0.39 is 0 Å². The van der Waals surface area contributed by atoms with Gasteiger partial charge in [-0.2, -0.15) is 0 Å². The fourth-order valence-corrected chi connectivity index (χ4v) is 3.78. The first kappa shape index (κ1) is 15.0. The number of carbonyl (C=O) groups excluding carboxylic acids is 1. The van der Waals surface area contributed by atoms with Crippen molar-refractivity contribution in [3.63, 3.8) is 0 Å². The summed E-state index contributed by atoms with van der Waals surface area (Å²) in [5, 5.41) is 1.96. The highest BCUT2D eigenvalue weighted by molar-refractivity contribution is 9.11. The summed E-state index contributed by atoms with van der Waals surface area (Å²) in [6.45, 7) is 5.34. The van der Waals surface area contributed by atoms with E-state index in [-0.39, 0.29) is 5.91 Å². The Bertz CT molecular complexity index is 424. The second kappa shape index (κ2) is 6.89. The average molecular weight is 344 g/mol. The topological polar surface area (TPSA) is 20.3 Å². The molecule has 0 atom stereocenters. The number of thiophene rings is 1. The van der Waals surface area contributed by atoms with Crippen molar-refractivity contribution in [1.82, 2.24) is 4.90 Å². The SMILES string of the molecule is CC(C)CCN(C(=O)c1csc(Br)c1)C1CCCC1. The third kappa shape index (κ3) is 4.06. The van der Waals surface area contributed by atoms with Crippen molar-refractivity contribution >= 4 is 33.2 Å². The molecule has 0 spiro atoms. The zero-order chi connectivity index (χ0) is 13.8. The molecule has 1 heterocycles. The molecule has 2 nitrogen and oxygen atoms in total. The van der Waals surface area contributed by atoms with Crippen LogP contribution in [0.25, 0.3) is 0 Å². The van der Waals surface area contributed by atoms with Crippen LogP contribution in [0.1, 0.15) is 56.3 Å². The van der Waals surface area contributed by atoms with Crippen LogP contribution < -0.4 is 0 Å². The first-order chi connectivity index (χ1) is 9.08. The van der Waals surface area contributed by atoms with Gasteiger partial charge in [0.05, 0.1) is 9.35 Å². The second-order valence-electron chi connectivity index (χ2n) is 5.76. The standard InChI is InChI=1S/C15H22BrNOS/c1-11(2)7-8-17(13-5-3-4-6-13)15(18)12-9-14(16)19-10-12/h9-11,13H,3-8H2,1-2H3. The van der Waals surface area contributed by atoms with Crippen LogP contribution in [0.4, 0.5) is 0 Å². The van der Waals surface area contributed by atoms with E-state index in [1.54, 1.807) is 11.3 Å². The lowest BCUT2D eigenvalue weighted by atomic mass is 10.1. The minimum Gasteiger partial charge on any atom is -0.336 e. The van der Waals surface area contributed by atoms with Crippen molar-refractivity contribution in [2.24, 2.45) is 5.92 Å². The summed E-state index contributed by atoms with van der Waals surface area (Å²) in [5.74, 6) is 0.861. The molecular weight excluding hydrogens is 322 g/mol. The molecule has 0 bridgehead atoms. The van der Waals surface area contributed by atoms with Crippen molar-refractivity contribution in [2.45, 2.75) is 52.0 Å². The van der Waals surface area contributed by atoms with Gasteiger partial charge in [-0.05, 0) is 47.2 Å². The van der Waals surface area contributed by atoms with Gasteiger partial charge in [0.1, 0.15) is 0 Å². The summed E-state index contributed by atoms with van der Waals surface area (Å²) in [6, 6.07) is 2.41. The summed E-state index contributed by atoms with van der Waals surface area (Å²) in [7, 11) is 0. The number of amides is 1. The average Bonchev–Trinajstić information content (AvgIpc) is 3.00. The summed E-state index contributed by atoms with van der Waals surface area (Å²) in [5.41, 5.74) is 0.840. The van der Waals surface area contributed by atoms with Crippen LogP contribution in [0.3, 0.4) is 0 Å². The highest BCUT2D eigenvalue weighted by atomic mass is 79.9. The van der Waals surface area contributed by atoms with Crippen LogP contribution >= 0.6 is 27.3 Å². The van der Waals surface area contributed by atoms with Gasteiger partial charge in [-0.15, -0.1) is 11.3 Å². The maximum Gasteiger partial charge on any atom is 0.254 e. The van der Waals surface area contributed by atoms with E-state index in [1.165, 1.54) is 25.7 Å². The largest absolute Gasteiger partial charge is 0.336 e. The molecule has 1 aromatic rings. The van der Waals surface area contributed by atoms with Crippen LogP contribution in [0, 0.1) is 5.92 Å². The van der Waals surface area contributed by atoms with Gasteiger partial charge in [-0.3, -0.25) is 4.79 Å². The molecule has 0 radical (unpaired) electrons. The van der Waals surface area contributed by atoms with Crippen LogP contribution in [-0.4, -0.2) is 23.4 Å². The van der Waals surface area contributed by atoms with E-state index in [9.17, 15) is 4.79 Å². The predicted octanol–water partition coefficient (Wildman–Crippen LogP) is 4.94. The summed E-state index contributed by atoms with van der Waals surface area (Å²) >= 11 is 5.03. The first-order valence-corrected chi connectivity index (χ1v) is 8.80. The van der Waals surface area contributed by atoms with Gasteiger partial charge < -0.3 is 4.90 Å². The van der Waals surface area contributed by atoms with E-state index >= 15 is 0 Å². The summed E-state index contributed by atoms with van der Waals surface area (Å²) < 4.78 is 1.03. The van der Waals surface area contributed by atoms with E-state index in [0.717, 1.165) is 22.3 Å². The molecule has 0 N–H and O–H groups in total. The van der Waals surface area contributed by atoms with E-state index in [2.05, 4.69) is 34.7 Å². The van der Waals surface area contributed by atoms with Gasteiger partial charge in [0.25, 0.3) is 5.91 Å². The Kier molecular flexibility index (Phi) is 5.46. The molecule has 19 heavy (non-hydrogen) atoms. The molecule has 1 amide bonds. The zero-order valence-corrected chi connectivity index (χ0v) is 14.1. The Hall–Kier alpha value is -0.350.